The molecule has 0 amide bonds. The van der Waals surface area contributed by atoms with Crippen LogP contribution in [-0.4, -0.2) is 10.9 Å². The van der Waals surface area contributed by atoms with E-state index >= 15 is 0 Å². The lowest BCUT2D eigenvalue weighted by atomic mass is 10.1. The van der Waals surface area contributed by atoms with Gasteiger partial charge in [0.15, 0.2) is 5.17 Å². The molecule has 3 heteroatoms. The number of aliphatic imine (C=N–C) groups is 1. The van der Waals surface area contributed by atoms with Crippen LogP contribution in [0.2, 0.25) is 0 Å². The Hall–Kier alpha value is -1.48. The van der Waals surface area contributed by atoms with Gasteiger partial charge in [-0.15, -0.1) is 0 Å². The standard InChI is InChI=1S/C13H11N2S/c1-2-16-13-14-10-7-3-5-9-6-4-8-11(15-13)12(9)10/h3-8H,1-2H2,(H,14,15). The average Bonchev–Trinajstić information content (AvgIpc) is 2.30. The quantitative estimate of drug-likeness (QED) is 0.801. The van der Waals surface area contributed by atoms with E-state index in [2.05, 4.69) is 47.6 Å². The van der Waals surface area contributed by atoms with Crippen LogP contribution in [-0.2, 0) is 0 Å². The molecular formula is C13H11N2S. The van der Waals surface area contributed by atoms with Crippen LogP contribution in [0.5, 0.6) is 0 Å². The summed E-state index contributed by atoms with van der Waals surface area (Å²) in [6, 6.07) is 12.5. The van der Waals surface area contributed by atoms with Crippen LogP contribution in [0.1, 0.15) is 0 Å². The fourth-order valence-electron chi connectivity index (χ4n) is 1.94. The van der Waals surface area contributed by atoms with Gasteiger partial charge < -0.3 is 5.32 Å². The molecule has 1 aliphatic rings. The minimum atomic E-state index is 0.782. The van der Waals surface area contributed by atoms with Crippen LogP contribution in [0, 0.1) is 6.92 Å². The molecule has 0 spiro atoms. The number of hydrogen-bond acceptors (Lipinski definition) is 3. The normalized spacial score (nSPS) is 13.4. The molecule has 2 nitrogen and oxygen atoms in total. The van der Waals surface area contributed by atoms with Gasteiger partial charge in [-0.05, 0) is 24.4 Å². The van der Waals surface area contributed by atoms with Crippen molar-refractivity contribution >= 4 is 39.1 Å². The van der Waals surface area contributed by atoms with Crippen molar-refractivity contribution in [1.82, 2.24) is 0 Å². The summed E-state index contributed by atoms with van der Waals surface area (Å²) in [7, 11) is 0. The zero-order chi connectivity index (χ0) is 11.0. The molecule has 1 heterocycles. The molecule has 1 radical (unpaired) electrons. The van der Waals surface area contributed by atoms with Gasteiger partial charge in [-0.2, -0.15) is 0 Å². The van der Waals surface area contributed by atoms with Gasteiger partial charge >= 0.3 is 0 Å². The molecule has 79 valence electrons. The second-order valence-electron chi connectivity index (χ2n) is 3.57. The molecule has 0 aliphatic carbocycles. The summed E-state index contributed by atoms with van der Waals surface area (Å²) in [6.07, 6.45) is 0. The van der Waals surface area contributed by atoms with E-state index in [1.54, 1.807) is 11.8 Å². The molecule has 0 fully saturated rings. The van der Waals surface area contributed by atoms with Crippen LogP contribution in [0.15, 0.2) is 41.4 Å². The molecule has 0 unspecified atom stereocenters. The first-order valence-electron chi connectivity index (χ1n) is 5.18. The molecule has 3 rings (SSSR count). The largest absolute Gasteiger partial charge is 0.334 e. The van der Waals surface area contributed by atoms with E-state index in [0.717, 1.165) is 22.3 Å². The first-order chi connectivity index (χ1) is 7.88. The van der Waals surface area contributed by atoms with Gasteiger partial charge in [-0.3, -0.25) is 0 Å². The van der Waals surface area contributed by atoms with Crippen molar-refractivity contribution < 1.29 is 0 Å². The zero-order valence-electron chi connectivity index (χ0n) is 8.73. The maximum absolute atomic E-state index is 4.58. The Balaban J connectivity index is 2.23. The average molecular weight is 227 g/mol. The summed E-state index contributed by atoms with van der Waals surface area (Å²) < 4.78 is 0. The van der Waals surface area contributed by atoms with Gasteiger partial charge in [0.05, 0.1) is 11.4 Å². The second kappa shape index (κ2) is 3.83. The van der Waals surface area contributed by atoms with Crippen LogP contribution in [0.3, 0.4) is 0 Å². The predicted octanol–water partition coefficient (Wildman–Crippen LogP) is 3.82. The third-order valence-corrected chi connectivity index (χ3v) is 3.26. The Labute approximate surface area is 98.8 Å². The van der Waals surface area contributed by atoms with Crippen molar-refractivity contribution in [3.05, 3.63) is 43.3 Å². The minimum Gasteiger partial charge on any atom is -0.334 e. The Morgan fingerprint density at radius 1 is 1.19 bits per heavy atom. The van der Waals surface area contributed by atoms with E-state index < -0.39 is 0 Å². The highest BCUT2D eigenvalue weighted by molar-refractivity contribution is 8.14. The Morgan fingerprint density at radius 3 is 2.81 bits per heavy atom. The SMILES string of the molecule is [CH2]CSC1=Nc2cccc3cccc(c23)N1. The zero-order valence-corrected chi connectivity index (χ0v) is 9.55. The van der Waals surface area contributed by atoms with Crippen molar-refractivity contribution in [1.29, 1.82) is 0 Å². The number of rotatable bonds is 1. The number of amidine groups is 1. The first-order valence-corrected chi connectivity index (χ1v) is 6.16. The van der Waals surface area contributed by atoms with Crippen LogP contribution >= 0.6 is 11.8 Å². The number of thioether (sulfide) groups is 1. The molecule has 0 aromatic heterocycles. The summed E-state index contributed by atoms with van der Waals surface area (Å²) in [4.78, 5) is 4.58. The summed E-state index contributed by atoms with van der Waals surface area (Å²) in [5.74, 6) is 0.782. The van der Waals surface area contributed by atoms with E-state index in [1.807, 2.05) is 6.07 Å². The third kappa shape index (κ3) is 1.48. The van der Waals surface area contributed by atoms with E-state index in [-0.39, 0.29) is 0 Å². The Morgan fingerprint density at radius 2 is 2.00 bits per heavy atom. The van der Waals surface area contributed by atoms with Gasteiger partial charge in [0, 0.05) is 11.1 Å². The number of nitrogens with zero attached hydrogens (tertiary/aromatic N) is 1. The highest BCUT2D eigenvalue weighted by Gasteiger charge is 2.13. The maximum Gasteiger partial charge on any atom is 0.166 e. The topological polar surface area (TPSA) is 24.4 Å². The molecule has 0 atom stereocenters. The molecular weight excluding hydrogens is 216 g/mol. The lowest BCUT2D eigenvalue weighted by molar-refractivity contribution is 1.52. The van der Waals surface area contributed by atoms with Crippen molar-refractivity contribution in [2.75, 3.05) is 11.1 Å². The molecule has 16 heavy (non-hydrogen) atoms. The van der Waals surface area contributed by atoms with E-state index in [4.69, 9.17) is 0 Å². The second-order valence-corrected chi connectivity index (χ2v) is 4.65. The maximum atomic E-state index is 4.58. The highest BCUT2D eigenvalue weighted by atomic mass is 32.2. The first kappa shape index (κ1) is 9.73. The Bertz CT molecular complexity index is 570. The van der Waals surface area contributed by atoms with Crippen LogP contribution < -0.4 is 5.32 Å². The molecule has 2 aromatic carbocycles. The predicted molar refractivity (Wildman–Crippen MR) is 72.5 cm³/mol. The van der Waals surface area contributed by atoms with Crippen LogP contribution in [0.25, 0.3) is 10.8 Å². The van der Waals surface area contributed by atoms with E-state index in [9.17, 15) is 0 Å². The number of nitrogens with one attached hydrogen (secondary N) is 1. The smallest absolute Gasteiger partial charge is 0.166 e. The van der Waals surface area contributed by atoms with Crippen molar-refractivity contribution in [2.45, 2.75) is 0 Å². The lowest BCUT2D eigenvalue weighted by Gasteiger charge is -2.17. The fourth-order valence-corrected chi connectivity index (χ4v) is 2.47. The lowest BCUT2D eigenvalue weighted by Crippen LogP contribution is -2.11. The van der Waals surface area contributed by atoms with Crippen molar-refractivity contribution in [2.24, 2.45) is 4.99 Å². The third-order valence-electron chi connectivity index (χ3n) is 2.59. The van der Waals surface area contributed by atoms with Gasteiger partial charge in [0.25, 0.3) is 0 Å². The van der Waals surface area contributed by atoms with Gasteiger partial charge in [-0.1, -0.05) is 36.0 Å². The summed E-state index contributed by atoms with van der Waals surface area (Å²) in [5.41, 5.74) is 2.18. The van der Waals surface area contributed by atoms with Gasteiger partial charge in [0.1, 0.15) is 0 Å². The number of hydrogen-bond donors (Lipinski definition) is 1. The highest BCUT2D eigenvalue weighted by Crippen LogP contribution is 2.36. The monoisotopic (exact) mass is 227 g/mol. The molecule has 0 saturated heterocycles. The van der Waals surface area contributed by atoms with E-state index in [0.29, 0.717) is 0 Å². The number of benzene rings is 2. The Kier molecular flexibility index (Phi) is 2.33. The summed E-state index contributed by atoms with van der Waals surface area (Å²) in [5, 5.41) is 6.70. The molecule has 0 bridgehead atoms. The summed E-state index contributed by atoms with van der Waals surface area (Å²) >= 11 is 1.63. The minimum absolute atomic E-state index is 0.782. The number of anilines is 1. The fraction of sp³-hybridized carbons (Fsp3) is 0.0769. The molecule has 2 aromatic rings. The van der Waals surface area contributed by atoms with Crippen LogP contribution in [0.4, 0.5) is 11.4 Å². The van der Waals surface area contributed by atoms with Gasteiger partial charge in [-0.25, -0.2) is 4.99 Å². The summed E-state index contributed by atoms with van der Waals surface area (Å²) in [6.45, 7) is 3.83. The van der Waals surface area contributed by atoms with Gasteiger partial charge in [0.2, 0.25) is 0 Å². The van der Waals surface area contributed by atoms with Crippen molar-refractivity contribution in [3.63, 3.8) is 0 Å². The molecule has 0 saturated carbocycles. The molecule has 1 aliphatic heterocycles. The molecule has 1 N–H and O–H groups in total. The van der Waals surface area contributed by atoms with E-state index in [1.165, 1.54) is 10.8 Å². The van der Waals surface area contributed by atoms with Crippen molar-refractivity contribution in [3.8, 4) is 0 Å².